The molecule has 0 aromatic heterocycles. The fourth-order valence-corrected chi connectivity index (χ4v) is 1.56. The van der Waals surface area contributed by atoms with E-state index in [0.717, 1.165) is 12.1 Å². The van der Waals surface area contributed by atoms with E-state index in [1.165, 1.54) is 25.1 Å². The van der Waals surface area contributed by atoms with Gasteiger partial charge in [0.2, 0.25) is 0 Å². The van der Waals surface area contributed by atoms with Crippen LogP contribution in [0, 0.1) is 0 Å². The Morgan fingerprint density at radius 3 is 2.44 bits per heavy atom. The van der Waals surface area contributed by atoms with E-state index in [0.29, 0.717) is 5.69 Å². The highest BCUT2D eigenvalue weighted by atomic mass is 32.2. The maximum atomic E-state index is 12.7. The highest BCUT2D eigenvalue weighted by Gasteiger charge is 2.31. The predicted octanol–water partition coefficient (Wildman–Crippen LogP) is 3.40. The van der Waals surface area contributed by atoms with Crippen molar-refractivity contribution in [2.75, 3.05) is 31.5 Å². The van der Waals surface area contributed by atoms with Gasteiger partial charge < -0.3 is 13.8 Å². The molecule has 0 aliphatic carbocycles. The lowest BCUT2D eigenvalue weighted by atomic mass is 10.2. The van der Waals surface area contributed by atoms with Crippen molar-refractivity contribution in [3.63, 3.8) is 0 Å². The summed E-state index contributed by atoms with van der Waals surface area (Å²) in [5.41, 5.74) is -0.324. The molecule has 1 rings (SSSR count). The second-order valence-corrected chi connectivity index (χ2v) is 4.36. The summed E-state index contributed by atoms with van der Waals surface area (Å²) in [5.74, 6) is 0.127. The summed E-state index contributed by atoms with van der Waals surface area (Å²) in [5, 5.41) is 0. The number of anilines is 1. The minimum absolute atomic E-state index is 0.0935. The third-order valence-electron chi connectivity index (χ3n) is 2.20. The molecule has 0 aliphatic heterocycles. The van der Waals surface area contributed by atoms with Crippen LogP contribution in [-0.4, -0.2) is 27.2 Å². The molecule has 1 aromatic carbocycles. The van der Waals surface area contributed by atoms with Gasteiger partial charge >= 0.3 is 6.18 Å². The maximum absolute atomic E-state index is 12.7. The first kappa shape index (κ1) is 15.0. The van der Waals surface area contributed by atoms with E-state index in [2.05, 4.69) is 4.74 Å². The Kier molecular flexibility index (Phi) is 5.15. The molecule has 0 amide bonds. The highest BCUT2D eigenvalue weighted by molar-refractivity contribution is 7.99. The normalized spacial score (nSPS) is 11.4. The third-order valence-corrected chi connectivity index (χ3v) is 2.96. The van der Waals surface area contributed by atoms with Crippen LogP contribution < -0.4 is 9.04 Å². The zero-order valence-corrected chi connectivity index (χ0v) is 11.1. The van der Waals surface area contributed by atoms with Crippen molar-refractivity contribution in [3.05, 3.63) is 23.8 Å². The first-order valence-electron chi connectivity index (χ1n) is 5.00. The molecule has 0 bridgehead atoms. The molecule has 0 heterocycles. The second kappa shape index (κ2) is 6.19. The van der Waals surface area contributed by atoms with Crippen LogP contribution in [0.1, 0.15) is 5.56 Å². The fourth-order valence-electron chi connectivity index (χ4n) is 1.24. The number of rotatable bonds is 5. The van der Waals surface area contributed by atoms with Crippen molar-refractivity contribution >= 4 is 17.6 Å². The van der Waals surface area contributed by atoms with E-state index < -0.39 is 11.7 Å². The minimum atomic E-state index is -4.40. The van der Waals surface area contributed by atoms with Crippen LogP contribution >= 0.6 is 11.9 Å². The average molecular weight is 281 g/mol. The van der Waals surface area contributed by atoms with Crippen LogP contribution in [-0.2, 0) is 10.9 Å². The summed E-state index contributed by atoms with van der Waals surface area (Å²) < 4.78 is 49.5. The van der Waals surface area contributed by atoms with Crippen LogP contribution in [0.5, 0.6) is 5.75 Å². The van der Waals surface area contributed by atoms with Gasteiger partial charge in [0, 0.05) is 26.5 Å². The molecule has 0 saturated heterocycles. The Morgan fingerprint density at radius 2 is 1.94 bits per heavy atom. The van der Waals surface area contributed by atoms with E-state index in [1.807, 2.05) is 0 Å². The summed E-state index contributed by atoms with van der Waals surface area (Å²) in [6.45, 7) is -0.0935. The van der Waals surface area contributed by atoms with E-state index >= 15 is 0 Å². The quantitative estimate of drug-likeness (QED) is 0.609. The molecule has 3 nitrogen and oxygen atoms in total. The predicted molar refractivity (Wildman–Crippen MR) is 65.9 cm³/mol. The van der Waals surface area contributed by atoms with Crippen molar-refractivity contribution in [1.82, 2.24) is 0 Å². The van der Waals surface area contributed by atoms with Crippen LogP contribution in [0.3, 0.4) is 0 Å². The van der Waals surface area contributed by atoms with Crippen LogP contribution in [0.4, 0.5) is 18.9 Å². The number of alkyl halides is 3. The molecule has 0 aliphatic rings. The maximum Gasteiger partial charge on any atom is 0.416 e. The standard InChI is InChI=1S/C11H14F3NO2S/c1-15(18-3)9-4-8(11(12,13)14)5-10(6-9)17-7-16-2/h4-6H,7H2,1-3H3. The van der Waals surface area contributed by atoms with Gasteiger partial charge in [-0.15, -0.1) is 0 Å². The number of hydrogen-bond donors (Lipinski definition) is 0. The van der Waals surface area contributed by atoms with Crippen LogP contribution in [0.15, 0.2) is 18.2 Å². The molecular weight excluding hydrogens is 267 g/mol. The Hall–Kier alpha value is -1.08. The summed E-state index contributed by atoms with van der Waals surface area (Å²) in [6, 6.07) is 3.57. The van der Waals surface area contributed by atoms with Crippen LogP contribution in [0.25, 0.3) is 0 Å². The van der Waals surface area contributed by atoms with Crippen LogP contribution in [0.2, 0.25) is 0 Å². The molecule has 0 N–H and O–H groups in total. The molecule has 7 heteroatoms. The molecular formula is C11H14F3NO2S. The minimum Gasteiger partial charge on any atom is -0.467 e. The van der Waals surface area contributed by atoms with Gasteiger partial charge in [-0.1, -0.05) is 11.9 Å². The lowest BCUT2D eigenvalue weighted by Crippen LogP contribution is -2.11. The zero-order chi connectivity index (χ0) is 13.8. The van der Waals surface area contributed by atoms with Crippen molar-refractivity contribution in [2.24, 2.45) is 0 Å². The van der Waals surface area contributed by atoms with Gasteiger partial charge in [0.25, 0.3) is 0 Å². The molecule has 0 radical (unpaired) electrons. The fraction of sp³-hybridized carbons (Fsp3) is 0.455. The van der Waals surface area contributed by atoms with Gasteiger partial charge in [0.05, 0.1) is 11.3 Å². The summed E-state index contributed by atoms with van der Waals surface area (Å²) in [4.78, 5) is 0. The third kappa shape index (κ3) is 3.99. The van der Waals surface area contributed by atoms with E-state index in [4.69, 9.17) is 4.74 Å². The average Bonchev–Trinajstić information content (AvgIpc) is 2.33. The van der Waals surface area contributed by atoms with Gasteiger partial charge in [-0.2, -0.15) is 13.2 Å². The lowest BCUT2D eigenvalue weighted by molar-refractivity contribution is -0.137. The Labute approximate surface area is 108 Å². The number of hydrogen-bond acceptors (Lipinski definition) is 4. The number of ether oxygens (including phenoxy) is 2. The topological polar surface area (TPSA) is 21.7 Å². The largest absolute Gasteiger partial charge is 0.467 e. The van der Waals surface area contributed by atoms with E-state index in [-0.39, 0.29) is 12.5 Å². The first-order valence-corrected chi connectivity index (χ1v) is 6.18. The first-order chi connectivity index (χ1) is 8.38. The van der Waals surface area contributed by atoms with Gasteiger partial charge in [0.1, 0.15) is 5.75 Å². The van der Waals surface area contributed by atoms with Crippen molar-refractivity contribution in [3.8, 4) is 5.75 Å². The highest BCUT2D eigenvalue weighted by Crippen LogP contribution is 2.35. The van der Waals surface area contributed by atoms with Gasteiger partial charge in [-0.3, -0.25) is 0 Å². The lowest BCUT2D eigenvalue weighted by Gasteiger charge is -2.19. The molecule has 0 spiro atoms. The second-order valence-electron chi connectivity index (χ2n) is 3.44. The molecule has 0 saturated carbocycles. The Bertz CT molecular complexity index is 398. The van der Waals surface area contributed by atoms with E-state index in [9.17, 15) is 13.2 Å². The molecule has 102 valence electrons. The van der Waals surface area contributed by atoms with Gasteiger partial charge in [-0.05, 0) is 12.1 Å². The summed E-state index contributed by atoms with van der Waals surface area (Å²) in [7, 11) is 3.09. The molecule has 18 heavy (non-hydrogen) atoms. The summed E-state index contributed by atoms with van der Waals surface area (Å²) in [6.07, 6.45) is -2.63. The number of methoxy groups -OCH3 is 1. The van der Waals surface area contributed by atoms with E-state index in [1.54, 1.807) is 17.6 Å². The van der Waals surface area contributed by atoms with Crippen molar-refractivity contribution in [2.45, 2.75) is 6.18 Å². The van der Waals surface area contributed by atoms with Crippen molar-refractivity contribution in [1.29, 1.82) is 0 Å². The molecule has 0 atom stereocenters. The number of benzene rings is 1. The van der Waals surface area contributed by atoms with Gasteiger partial charge in [-0.25, -0.2) is 0 Å². The molecule has 0 fully saturated rings. The molecule has 1 aromatic rings. The Morgan fingerprint density at radius 1 is 1.28 bits per heavy atom. The van der Waals surface area contributed by atoms with Gasteiger partial charge in [0.15, 0.2) is 6.79 Å². The molecule has 0 unspecified atom stereocenters. The number of nitrogens with zero attached hydrogens (tertiary/aromatic N) is 1. The zero-order valence-electron chi connectivity index (χ0n) is 10.2. The van der Waals surface area contributed by atoms with Crippen molar-refractivity contribution < 1.29 is 22.6 Å². The smallest absolute Gasteiger partial charge is 0.416 e. The Balaban J connectivity index is 3.12. The monoisotopic (exact) mass is 281 g/mol. The SMILES string of the molecule is COCOc1cc(N(C)SC)cc(C(F)(F)F)c1. The number of halogens is 3. The summed E-state index contributed by atoms with van der Waals surface area (Å²) >= 11 is 1.31.